The Bertz CT molecular complexity index is 1550. The predicted molar refractivity (Wildman–Crippen MR) is 316 cm³/mol. The molecular weight excluding hydrogens is 976 g/mol. The van der Waals surface area contributed by atoms with E-state index in [1.54, 1.807) is 0 Å². The average Bonchev–Trinajstić information content (AvgIpc) is 3.41. The molecule has 0 aromatic carbocycles. The van der Waals surface area contributed by atoms with Crippen LogP contribution in [0, 0.1) is 0 Å². The van der Waals surface area contributed by atoms with E-state index < -0.39 is 57.8 Å². The Balaban J connectivity index is 4.74. The van der Waals surface area contributed by atoms with E-state index in [0.717, 1.165) is 128 Å². The minimum absolute atomic E-state index is 0.155. The molecule has 440 valence electrons. The van der Waals surface area contributed by atoms with E-state index in [-0.39, 0.29) is 25.9 Å². The van der Waals surface area contributed by atoms with Crippen LogP contribution in [0.15, 0.2) is 72.9 Å². The summed E-state index contributed by atoms with van der Waals surface area (Å²) in [6.45, 7) is 4.50. The van der Waals surface area contributed by atoms with Gasteiger partial charge in [0, 0.05) is 19.3 Å². The van der Waals surface area contributed by atoms with Crippen LogP contribution in [-0.4, -0.2) is 66.5 Å². The maximum atomic E-state index is 12.9. The van der Waals surface area contributed by atoms with E-state index in [9.17, 15) is 28.9 Å². The number of rotatable bonds is 57. The molecule has 0 radical (unpaired) electrons. The molecule has 2 N–H and O–H groups in total. The normalized spacial score (nSPS) is 13.8. The van der Waals surface area contributed by atoms with Crippen molar-refractivity contribution < 1.29 is 52.2 Å². The smallest absolute Gasteiger partial charge is 0.462 e. The fraction of sp³-hybridized carbons (Fsp3) is 0.766. The minimum Gasteiger partial charge on any atom is -0.462 e. The second-order valence-corrected chi connectivity index (χ2v) is 21.9. The molecule has 11 nitrogen and oxygen atoms in total. The van der Waals surface area contributed by atoms with Crippen LogP contribution in [0.4, 0.5) is 0 Å². The van der Waals surface area contributed by atoms with E-state index in [1.165, 1.54) is 89.9 Å². The number of unbranched alkanes of at least 4 members (excludes halogenated alkanes) is 28. The van der Waals surface area contributed by atoms with Gasteiger partial charge in [-0.05, 0) is 109 Å². The zero-order chi connectivity index (χ0) is 55.5. The second-order valence-electron chi connectivity index (χ2n) is 20.5. The van der Waals surface area contributed by atoms with Crippen LogP contribution in [0.3, 0.4) is 0 Å². The number of allylic oxidation sites excluding steroid dienone is 12. The maximum Gasteiger partial charge on any atom is 0.472 e. The Kier molecular flexibility index (Phi) is 55.7. The summed E-state index contributed by atoms with van der Waals surface area (Å²) in [5.41, 5.74) is 0. The first-order valence-electron chi connectivity index (χ1n) is 30.8. The van der Waals surface area contributed by atoms with Crippen LogP contribution in [0.25, 0.3) is 0 Å². The topological polar surface area (TPSA) is 155 Å². The number of esters is 3. The summed E-state index contributed by atoms with van der Waals surface area (Å²) in [6.07, 6.45) is 65.6. The maximum absolute atomic E-state index is 12.9. The average molecular weight is 1090 g/mol. The molecule has 0 aromatic rings. The molecule has 0 saturated carbocycles. The minimum atomic E-state index is -4.76. The van der Waals surface area contributed by atoms with Gasteiger partial charge in [0.1, 0.15) is 12.7 Å². The summed E-state index contributed by atoms with van der Waals surface area (Å²) >= 11 is 0. The number of carbonyl (C=O) groups excluding carboxylic acids is 3. The third-order valence-electron chi connectivity index (χ3n) is 13.1. The lowest BCUT2D eigenvalue weighted by Gasteiger charge is -2.21. The van der Waals surface area contributed by atoms with Crippen molar-refractivity contribution >= 4 is 25.7 Å². The summed E-state index contributed by atoms with van der Waals surface area (Å²) in [4.78, 5) is 48.7. The standard InChI is InChI=1S/C64H113O11P/c1-4-7-10-13-16-19-22-25-28-30-33-35-38-41-44-47-50-53-62(66)71-57-61(75-64(68)55-52-49-46-43-40-37-34-31-29-26-23-20-17-14-11-8-5-2)59-73-76(69,70)72-58-60(56-65)74-63(67)54-51-48-45-42-39-36-32-27-24-21-18-15-12-9-6-3/h7,10,16-17,19-20,25-29,32,60-61,65H,4-6,8-9,11-15,18,21-24,30-31,33-59H2,1-3H3,(H,69,70)/b10-7-,19-16-,20-17-,28-25-,29-26-,32-27-. The second kappa shape index (κ2) is 58.1. The molecule has 0 aliphatic carbocycles. The number of phosphoric acid groups is 1. The highest BCUT2D eigenvalue weighted by molar-refractivity contribution is 7.47. The molecule has 0 amide bonds. The zero-order valence-corrected chi connectivity index (χ0v) is 49.6. The van der Waals surface area contributed by atoms with Gasteiger partial charge in [-0.2, -0.15) is 0 Å². The molecular formula is C64H113O11P. The van der Waals surface area contributed by atoms with Crippen LogP contribution >= 0.6 is 7.82 Å². The summed E-state index contributed by atoms with van der Waals surface area (Å²) in [7, 11) is -4.76. The first-order chi connectivity index (χ1) is 37.2. The van der Waals surface area contributed by atoms with Gasteiger partial charge in [0.15, 0.2) is 6.10 Å². The molecule has 0 rings (SSSR count). The number of aliphatic hydroxyl groups excluding tert-OH is 1. The zero-order valence-electron chi connectivity index (χ0n) is 48.7. The highest BCUT2D eigenvalue weighted by Gasteiger charge is 2.28. The Hall–Kier alpha value is -3.08. The largest absolute Gasteiger partial charge is 0.472 e. The Labute approximate surface area is 465 Å². The molecule has 0 spiro atoms. The molecule has 3 atom stereocenters. The lowest BCUT2D eigenvalue weighted by molar-refractivity contribution is -0.161. The van der Waals surface area contributed by atoms with Gasteiger partial charge in [-0.3, -0.25) is 23.4 Å². The Morgan fingerprint density at radius 2 is 0.684 bits per heavy atom. The first kappa shape index (κ1) is 72.9. The Morgan fingerprint density at radius 1 is 0.382 bits per heavy atom. The molecule has 0 saturated heterocycles. The van der Waals surface area contributed by atoms with Crippen LogP contribution in [0.2, 0.25) is 0 Å². The molecule has 12 heteroatoms. The number of phosphoric ester groups is 1. The van der Waals surface area contributed by atoms with Gasteiger partial charge in [-0.15, -0.1) is 0 Å². The monoisotopic (exact) mass is 1090 g/mol. The van der Waals surface area contributed by atoms with Gasteiger partial charge in [0.2, 0.25) is 0 Å². The molecule has 76 heavy (non-hydrogen) atoms. The van der Waals surface area contributed by atoms with E-state index in [0.29, 0.717) is 19.3 Å². The number of aliphatic hydroxyl groups is 1. The van der Waals surface area contributed by atoms with Crippen LogP contribution < -0.4 is 0 Å². The summed E-state index contributed by atoms with van der Waals surface area (Å²) in [5.74, 6) is -1.49. The summed E-state index contributed by atoms with van der Waals surface area (Å²) in [6, 6.07) is 0. The summed E-state index contributed by atoms with van der Waals surface area (Å²) < 4.78 is 39.6. The van der Waals surface area contributed by atoms with Gasteiger partial charge in [0.25, 0.3) is 0 Å². The number of carbonyl (C=O) groups is 3. The van der Waals surface area contributed by atoms with E-state index in [2.05, 4.69) is 93.7 Å². The van der Waals surface area contributed by atoms with Crippen molar-refractivity contribution in [2.45, 2.75) is 290 Å². The van der Waals surface area contributed by atoms with Crippen molar-refractivity contribution in [2.75, 3.05) is 26.4 Å². The van der Waals surface area contributed by atoms with E-state index in [1.807, 2.05) is 0 Å². The van der Waals surface area contributed by atoms with Gasteiger partial charge >= 0.3 is 25.7 Å². The van der Waals surface area contributed by atoms with Crippen molar-refractivity contribution in [1.82, 2.24) is 0 Å². The van der Waals surface area contributed by atoms with E-state index in [4.69, 9.17) is 23.3 Å². The Morgan fingerprint density at radius 3 is 1.09 bits per heavy atom. The SMILES string of the molecule is CC/C=C\C/C=C\C/C=C\CCCCCCCCCC(=O)OCC(COP(=O)(O)OCC(CO)OC(=O)CCCCCCC/C=C\CCCCCCCC)OC(=O)CCCCCCCCC/C=C\C/C=C\CCCCC. The number of hydrogen-bond acceptors (Lipinski definition) is 10. The molecule has 3 unspecified atom stereocenters. The molecule has 0 heterocycles. The van der Waals surface area contributed by atoms with Gasteiger partial charge in [-0.25, -0.2) is 4.57 Å². The molecule has 0 aliphatic rings. The first-order valence-corrected chi connectivity index (χ1v) is 32.3. The predicted octanol–water partition coefficient (Wildman–Crippen LogP) is 18.5. The highest BCUT2D eigenvalue weighted by atomic mass is 31.2. The highest BCUT2D eigenvalue weighted by Crippen LogP contribution is 2.43. The van der Waals surface area contributed by atoms with Crippen LogP contribution in [-0.2, 0) is 42.2 Å². The van der Waals surface area contributed by atoms with Crippen LogP contribution in [0.5, 0.6) is 0 Å². The molecule has 0 bridgehead atoms. The lowest BCUT2D eigenvalue weighted by atomic mass is 10.1. The van der Waals surface area contributed by atoms with Crippen LogP contribution in [0.1, 0.15) is 278 Å². The third kappa shape index (κ3) is 55.7. The van der Waals surface area contributed by atoms with Gasteiger partial charge < -0.3 is 24.2 Å². The fourth-order valence-corrected chi connectivity index (χ4v) is 9.18. The summed E-state index contributed by atoms with van der Waals surface area (Å²) in [5, 5.41) is 9.83. The lowest BCUT2D eigenvalue weighted by Crippen LogP contribution is -2.30. The fourth-order valence-electron chi connectivity index (χ4n) is 8.40. The molecule has 0 fully saturated rings. The molecule has 0 aromatic heterocycles. The molecule has 0 aliphatic heterocycles. The van der Waals surface area contributed by atoms with Gasteiger partial charge in [0.05, 0.1) is 19.8 Å². The van der Waals surface area contributed by atoms with Crippen molar-refractivity contribution in [3.63, 3.8) is 0 Å². The van der Waals surface area contributed by atoms with Crippen molar-refractivity contribution in [1.29, 1.82) is 0 Å². The van der Waals surface area contributed by atoms with Crippen molar-refractivity contribution in [3.05, 3.63) is 72.9 Å². The number of ether oxygens (including phenoxy) is 3. The van der Waals surface area contributed by atoms with E-state index >= 15 is 0 Å². The van der Waals surface area contributed by atoms with Crippen molar-refractivity contribution in [3.8, 4) is 0 Å². The third-order valence-corrected chi connectivity index (χ3v) is 14.0. The van der Waals surface area contributed by atoms with Gasteiger partial charge in [-0.1, -0.05) is 222 Å². The number of hydrogen-bond donors (Lipinski definition) is 2. The quantitative estimate of drug-likeness (QED) is 0.0197. The van der Waals surface area contributed by atoms with Crippen molar-refractivity contribution in [2.24, 2.45) is 0 Å².